The number of hydrogen-bond acceptors (Lipinski definition) is 4. The lowest BCUT2D eigenvalue weighted by Crippen LogP contribution is -2.57. The van der Waals surface area contributed by atoms with Crippen LogP contribution in [0.2, 0.25) is 15.1 Å². The number of amides is 2. The van der Waals surface area contributed by atoms with Crippen LogP contribution in [0, 0.1) is 6.92 Å². The van der Waals surface area contributed by atoms with E-state index in [0.29, 0.717) is 11.4 Å². The highest BCUT2D eigenvalue weighted by atomic mass is 35.5. The summed E-state index contributed by atoms with van der Waals surface area (Å²) < 4.78 is 11.3. The van der Waals surface area contributed by atoms with Crippen LogP contribution in [0.1, 0.15) is 32.1 Å². The van der Waals surface area contributed by atoms with Crippen molar-refractivity contribution in [3.8, 4) is 5.75 Å². The molecule has 1 atom stereocenters. The number of carbonyl (C=O) groups is 2. The molecule has 0 saturated carbocycles. The smallest absolute Gasteiger partial charge is 0.264 e. The first-order valence-corrected chi connectivity index (χ1v) is 11.7. The predicted molar refractivity (Wildman–Crippen MR) is 135 cm³/mol. The number of furan rings is 1. The van der Waals surface area contributed by atoms with E-state index in [1.54, 1.807) is 39.0 Å². The van der Waals surface area contributed by atoms with Crippen LogP contribution in [0.4, 0.5) is 5.69 Å². The van der Waals surface area contributed by atoms with Crippen LogP contribution in [-0.4, -0.2) is 28.4 Å². The first kappa shape index (κ1) is 25.9. The SMILES string of the molecule is Cc1ccccc1NC(=O)C(C)(C)N(Cc1ccco1)C(=O)C(C)Oc1cc(Cl)c(Cl)cc1Cl. The predicted octanol–water partition coefficient (Wildman–Crippen LogP) is 6.76. The van der Waals surface area contributed by atoms with Crippen molar-refractivity contribution in [3.63, 3.8) is 0 Å². The minimum absolute atomic E-state index is 0.0584. The summed E-state index contributed by atoms with van der Waals surface area (Å²) in [7, 11) is 0. The van der Waals surface area contributed by atoms with Crippen molar-refractivity contribution in [1.82, 2.24) is 4.90 Å². The van der Waals surface area contributed by atoms with E-state index >= 15 is 0 Å². The summed E-state index contributed by atoms with van der Waals surface area (Å²) >= 11 is 18.3. The summed E-state index contributed by atoms with van der Waals surface area (Å²) in [5.74, 6) is -0.0770. The summed E-state index contributed by atoms with van der Waals surface area (Å²) in [5, 5.41) is 3.64. The van der Waals surface area contributed by atoms with Gasteiger partial charge < -0.3 is 19.4 Å². The molecule has 1 heterocycles. The van der Waals surface area contributed by atoms with E-state index in [-0.39, 0.29) is 33.3 Å². The van der Waals surface area contributed by atoms with Crippen LogP contribution in [0.15, 0.2) is 59.2 Å². The van der Waals surface area contributed by atoms with Crippen LogP contribution in [0.5, 0.6) is 5.75 Å². The Morgan fingerprint density at radius 2 is 1.74 bits per heavy atom. The number of aryl methyl sites for hydroxylation is 1. The summed E-state index contributed by atoms with van der Waals surface area (Å²) in [6.45, 7) is 6.86. The molecule has 0 bridgehead atoms. The summed E-state index contributed by atoms with van der Waals surface area (Å²) in [6, 6.07) is 13.8. The molecule has 0 fully saturated rings. The molecule has 2 aromatic carbocycles. The molecule has 1 N–H and O–H groups in total. The lowest BCUT2D eigenvalue weighted by Gasteiger charge is -2.38. The van der Waals surface area contributed by atoms with Gasteiger partial charge in [0.25, 0.3) is 5.91 Å². The van der Waals surface area contributed by atoms with Crippen molar-refractivity contribution < 1.29 is 18.7 Å². The Kier molecular flexibility index (Phi) is 8.18. The summed E-state index contributed by atoms with van der Waals surface area (Å²) in [6.07, 6.45) is 0.517. The number of nitrogens with zero attached hydrogens (tertiary/aromatic N) is 1. The Morgan fingerprint density at radius 1 is 1.06 bits per heavy atom. The van der Waals surface area contributed by atoms with Gasteiger partial charge in [-0.25, -0.2) is 0 Å². The van der Waals surface area contributed by atoms with Crippen molar-refractivity contribution in [2.24, 2.45) is 0 Å². The molecule has 3 rings (SSSR count). The third kappa shape index (κ3) is 5.87. The monoisotopic (exact) mass is 522 g/mol. The van der Waals surface area contributed by atoms with E-state index < -0.39 is 17.6 Å². The van der Waals surface area contributed by atoms with E-state index in [2.05, 4.69) is 5.32 Å². The second kappa shape index (κ2) is 10.7. The zero-order chi connectivity index (χ0) is 25.0. The van der Waals surface area contributed by atoms with E-state index in [1.807, 2.05) is 25.1 Å². The standard InChI is InChI=1S/C25H25Cl3N2O4/c1-15-8-5-6-10-21(15)29-24(32)25(3,4)30(14-17-9-7-11-33-17)23(31)16(2)34-22-13-19(27)18(26)12-20(22)28/h5-13,16H,14H2,1-4H3,(H,29,32). The fourth-order valence-electron chi connectivity index (χ4n) is 3.28. The topological polar surface area (TPSA) is 71.8 Å². The van der Waals surface area contributed by atoms with Gasteiger partial charge in [-0.05, 0) is 57.5 Å². The second-order valence-corrected chi connectivity index (χ2v) is 9.51. The molecule has 1 unspecified atom stereocenters. The molecule has 0 spiro atoms. The molecular weight excluding hydrogens is 499 g/mol. The molecule has 0 saturated heterocycles. The summed E-state index contributed by atoms with van der Waals surface area (Å²) in [4.78, 5) is 28.3. The van der Waals surface area contributed by atoms with Gasteiger partial charge in [-0.2, -0.15) is 0 Å². The van der Waals surface area contributed by atoms with Gasteiger partial charge in [-0.1, -0.05) is 53.0 Å². The molecule has 3 aromatic rings. The van der Waals surface area contributed by atoms with Crippen LogP contribution >= 0.6 is 34.8 Å². The molecule has 6 nitrogen and oxygen atoms in total. The number of carbonyl (C=O) groups excluding carboxylic acids is 2. The fraction of sp³-hybridized carbons (Fsp3) is 0.280. The molecule has 0 aliphatic carbocycles. The van der Waals surface area contributed by atoms with Crippen LogP contribution in [0.3, 0.4) is 0 Å². The highest BCUT2D eigenvalue weighted by Crippen LogP contribution is 2.35. The molecular formula is C25H25Cl3N2O4. The average molecular weight is 524 g/mol. The maximum atomic E-state index is 13.6. The number of benzene rings is 2. The van der Waals surface area contributed by atoms with E-state index in [4.69, 9.17) is 44.0 Å². The van der Waals surface area contributed by atoms with Crippen molar-refractivity contribution in [2.75, 3.05) is 5.32 Å². The van der Waals surface area contributed by atoms with Gasteiger partial charge in [-0.3, -0.25) is 9.59 Å². The number of halogens is 3. The Morgan fingerprint density at radius 3 is 2.38 bits per heavy atom. The van der Waals surface area contributed by atoms with Crippen molar-refractivity contribution in [1.29, 1.82) is 0 Å². The highest BCUT2D eigenvalue weighted by Gasteiger charge is 2.40. The van der Waals surface area contributed by atoms with Crippen LogP contribution < -0.4 is 10.1 Å². The maximum Gasteiger partial charge on any atom is 0.264 e. The summed E-state index contributed by atoms with van der Waals surface area (Å²) in [5.41, 5.74) is 0.310. The number of nitrogens with one attached hydrogen (secondary N) is 1. The minimum atomic E-state index is -1.26. The molecule has 1 aromatic heterocycles. The first-order valence-electron chi connectivity index (χ1n) is 10.5. The number of rotatable bonds is 8. The third-order valence-electron chi connectivity index (χ3n) is 5.41. The Balaban J connectivity index is 1.88. The van der Waals surface area contributed by atoms with Gasteiger partial charge in [0.05, 0.1) is 27.9 Å². The Hall–Kier alpha value is -2.67. The first-order chi connectivity index (χ1) is 16.0. The van der Waals surface area contributed by atoms with Crippen LogP contribution in [0.25, 0.3) is 0 Å². The average Bonchev–Trinajstić information content (AvgIpc) is 3.30. The zero-order valence-corrected chi connectivity index (χ0v) is 21.5. The quantitative estimate of drug-likeness (QED) is 0.331. The Labute approximate surface area is 213 Å². The molecule has 0 radical (unpaired) electrons. The minimum Gasteiger partial charge on any atom is -0.479 e. The normalized spacial score (nSPS) is 12.2. The number of ether oxygens (including phenoxy) is 1. The van der Waals surface area contributed by atoms with E-state index in [1.165, 1.54) is 23.3 Å². The van der Waals surface area contributed by atoms with Crippen LogP contribution in [-0.2, 0) is 16.1 Å². The van der Waals surface area contributed by atoms with Gasteiger partial charge in [0, 0.05) is 11.8 Å². The van der Waals surface area contributed by atoms with Gasteiger partial charge >= 0.3 is 0 Å². The highest BCUT2D eigenvalue weighted by molar-refractivity contribution is 6.43. The molecule has 0 aliphatic heterocycles. The molecule has 9 heteroatoms. The van der Waals surface area contributed by atoms with E-state index in [0.717, 1.165) is 5.56 Å². The van der Waals surface area contributed by atoms with E-state index in [9.17, 15) is 9.59 Å². The Bertz CT molecular complexity index is 1180. The lowest BCUT2D eigenvalue weighted by molar-refractivity contribution is -0.150. The van der Waals surface area contributed by atoms with Gasteiger partial charge in [-0.15, -0.1) is 0 Å². The molecule has 2 amide bonds. The van der Waals surface area contributed by atoms with Crippen molar-refractivity contribution in [3.05, 3.63) is 81.2 Å². The molecule has 34 heavy (non-hydrogen) atoms. The van der Waals surface area contributed by atoms with Gasteiger partial charge in [0.2, 0.25) is 5.91 Å². The van der Waals surface area contributed by atoms with Gasteiger partial charge in [0.1, 0.15) is 17.0 Å². The zero-order valence-electron chi connectivity index (χ0n) is 19.2. The molecule has 0 aliphatic rings. The lowest BCUT2D eigenvalue weighted by atomic mass is 9.99. The number of para-hydroxylation sites is 1. The van der Waals surface area contributed by atoms with Crippen molar-refractivity contribution in [2.45, 2.75) is 45.9 Å². The number of anilines is 1. The third-order valence-corrected chi connectivity index (χ3v) is 6.43. The fourth-order valence-corrected chi connectivity index (χ4v) is 3.86. The van der Waals surface area contributed by atoms with Crippen molar-refractivity contribution >= 4 is 52.3 Å². The largest absolute Gasteiger partial charge is 0.479 e. The number of hydrogen-bond donors (Lipinski definition) is 1. The second-order valence-electron chi connectivity index (χ2n) is 8.29. The maximum absolute atomic E-state index is 13.6. The van der Waals surface area contributed by atoms with Gasteiger partial charge in [0.15, 0.2) is 6.10 Å². The molecule has 180 valence electrons.